The third kappa shape index (κ3) is 7.09. The van der Waals surface area contributed by atoms with Crippen molar-refractivity contribution in [1.29, 1.82) is 5.26 Å². The van der Waals surface area contributed by atoms with Crippen molar-refractivity contribution in [3.05, 3.63) is 81.3 Å². The van der Waals surface area contributed by atoms with Gasteiger partial charge in [-0.3, -0.25) is 14.2 Å². The zero-order valence-electron chi connectivity index (χ0n) is 26.4. The Bertz CT molecular complexity index is 1860. The molecular weight excluding hydrogens is 594 g/mol. The van der Waals surface area contributed by atoms with E-state index in [2.05, 4.69) is 20.6 Å². The Kier molecular flexibility index (Phi) is 10.1. The number of likely N-dealkylation sites (N-methyl/N-ethyl adjacent to an activating group) is 2. The molecule has 4 rings (SSSR count). The number of hydrogen-bond donors (Lipinski definition) is 2. The summed E-state index contributed by atoms with van der Waals surface area (Å²) in [5.74, 6) is 0.845. The lowest BCUT2D eigenvalue weighted by Gasteiger charge is -2.22. The molecule has 2 aromatic carbocycles. The maximum Gasteiger partial charge on any atom is 0.268 e. The fourth-order valence-electron chi connectivity index (χ4n) is 4.71. The van der Waals surface area contributed by atoms with Crippen LogP contribution in [0.2, 0.25) is 5.02 Å². The fraction of sp³-hybridized carbons (Fsp3) is 0.303. The molecule has 0 aliphatic rings. The van der Waals surface area contributed by atoms with E-state index in [0.29, 0.717) is 58.3 Å². The molecule has 2 heterocycles. The maximum atomic E-state index is 14.0. The van der Waals surface area contributed by atoms with Gasteiger partial charge in [-0.05, 0) is 63.2 Å². The topological polar surface area (TPSA) is 134 Å². The van der Waals surface area contributed by atoms with Gasteiger partial charge in [0.25, 0.3) is 11.5 Å². The van der Waals surface area contributed by atoms with E-state index >= 15 is 0 Å². The third-order valence-corrected chi connectivity index (χ3v) is 7.95. The number of halogens is 1. The summed E-state index contributed by atoms with van der Waals surface area (Å²) in [6.07, 6.45) is 3.76. The summed E-state index contributed by atoms with van der Waals surface area (Å²) < 4.78 is 12.5. The second-order valence-electron chi connectivity index (χ2n) is 10.9. The molecule has 0 atom stereocenters. The van der Waals surface area contributed by atoms with Gasteiger partial charge >= 0.3 is 0 Å². The van der Waals surface area contributed by atoms with E-state index in [1.165, 1.54) is 19.1 Å². The van der Waals surface area contributed by atoms with Crippen LogP contribution in [0, 0.1) is 11.3 Å². The molecule has 2 N–H and O–H groups in total. The van der Waals surface area contributed by atoms with Crippen LogP contribution >= 0.6 is 11.6 Å². The van der Waals surface area contributed by atoms with Gasteiger partial charge in [0.2, 0.25) is 5.95 Å². The van der Waals surface area contributed by atoms with Crippen molar-refractivity contribution in [2.75, 3.05) is 45.6 Å². The van der Waals surface area contributed by atoms with Crippen molar-refractivity contribution in [2.24, 2.45) is 0 Å². The minimum absolute atomic E-state index is 0.0451. The SMILES string of the molecule is CNc1ncc2cc(-c3cc(OC)cc(OC)c3Cl)c(=O)n(CCc3ccc(N(C)C(=O)/C(C#N)=C/C(C)(C)NC)cc3)c2n1. The molecule has 12 heteroatoms. The van der Waals surface area contributed by atoms with Crippen LogP contribution < -0.4 is 30.6 Å². The van der Waals surface area contributed by atoms with E-state index in [0.717, 1.165) is 5.56 Å². The molecule has 4 aromatic rings. The molecule has 0 spiro atoms. The highest BCUT2D eigenvalue weighted by molar-refractivity contribution is 6.35. The highest BCUT2D eigenvalue weighted by atomic mass is 35.5. The molecule has 0 radical (unpaired) electrons. The first kappa shape index (κ1) is 33.0. The summed E-state index contributed by atoms with van der Waals surface area (Å²) in [7, 11) is 8.13. The van der Waals surface area contributed by atoms with Crippen LogP contribution in [-0.2, 0) is 17.8 Å². The number of carbonyl (C=O) groups is 1. The molecule has 2 aromatic heterocycles. The van der Waals surface area contributed by atoms with Gasteiger partial charge in [-0.25, -0.2) is 4.98 Å². The molecule has 11 nitrogen and oxygen atoms in total. The largest absolute Gasteiger partial charge is 0.497 e. The smallest absolute Gasteiger partial charge is 0.268 e. The highest BCUT2D eigenvalue weighted by Gasteiger charge is 2.22. The lowest BCUT2D eigenvalue weighted by molar-refractivity contribution is -0.114. The number of nitrogens with one attached hydrogen (secondary N) is 2. The van der Waals surface area contributed by atoms with Gasteiger partial charge in [0.05, 0.1) is 19.2 Å². The molecule has 0 saturated carbocycles. The minimum Gasteiger partial charge on any atom is -0.497 e. The molecule has 0 aliphatic heterocycles. The van der Waals surface area contributed by atoms with Crippen LogP contribution in [0.4, 0.5) is 11.6 Å². The van der Waals surface area contributed by atoms with Crippen LogP contribution in [0.3, 0.4) is 0 Å². The van der Waals surface area contributed by atoms with Crippen LogP contribution in [0.5, 0.6) is 11.5 Å². The van der Waals surface area contributed by atoms with Gasteiger partial charge in [-0.2, -0.15) is 10.2 Å². The number of methoxy groups -OCH3 is 2. The lowest BCUT2D eigenvalue weighted by atomic mass is 10.0. The molecule has 0 fully saturated rings. The standard InChI is InChI=1S/C33H36ClN7O4/c1-33(2,37-4)17-22(18-35)30(42)40(5)23-10-8-20(9-11-23)12-13-41-29-21(19-38-32(36-3)39-29)14-26(31(41)43)25-15-24(44-6)16-27(45-7)28(25)34/h8-11,14-17,19,37H,12-13H2,1-7H3,(H,36,38,39)/b22-17+. The Labute approximate surface area is 267 Å². The number of amides is 1. The average Bonchev–Trinajstić information content (AvgIpc) is 3.06. The van der Waals surface area contributed by atoms with Crippen molar-refractivity contribution in [1.82, 2.24) is 19.9 Å². The number of carbonyl (C=O) groups excluding carboxylic acids is 1. The second kappa shape index (κ2) is 13.8. The number of fused-ring (bicyclic) bond motifs is 1. The third-order valence-electron chi connectivity index (χ3n) is 7.56. The van der Waals surface area contributed by atoms with Gasteiger partial charge in [-0.15, -0.1) is 0 Å². The number of benzene rings is 2. The number of aromatic nitrogens is 3. The molecule has 0 saturated heterocycles. The number of aryl methyl sites for hydroxylation is 2. The molecular formula is C33H36ClN7O4. The summed E-state index contributed by atoms with van der Waals surface area (Å²) >= 11 is 6.68. The summed E-state index contributed by atoms with van der Waals surface area (Å²) in [5, 5.41) is 16.5. The van der Waals surface area contributed by atoms with Crippen LogP contribution in [0.1, 0.15) is 19.4 Å². The van der Waals surface area contributed by atoms with E-state index in [1.807, 2.05) is 44.2 Å². The van der Waals surface area contributed by atoms with Gasteiger partial charge in [-0.1, -0.05) is 23.7 Å². The van der Waals surface area contributed by atoms with Gasteiger partial charge in [0.1, 0.15) is 28.8 Å². The zero-order valence-corrected chi connectivity index (χ0v) is 27.1. The lowest BCUT2D eigenvalue weighted by Crippen LogP contribution is -2.36. The second-order valence-corrected chi connectivity index (χ2v) is 11.2. The average molecular weight is 630 g/mol. The number of pyridine rings is 1. The monoisotopic (exact) mass is 629 g/mol. The molecule has 0 unspecified atom stereocenters. The first-order chi connectivity index (χ1) is 21.5. The van der Waals surface area contributed by atoms with Gasteiger partial charge in [0.15, 0.2) is 0 Å². The van der Waals surface area contributed by atoms with Crippen molar-refractivity contribution in [3.8, 4) is 28.7 Å². The zero-order chi connectivity index (χ0) is 32.9. The van der Waals surface area contributed by atoms with E-state index in [1.54, 1.807) is 56.2 Å². The fourth-order valence-corrected chi connectivity index (χ4v) is 5.00. The number of ether oxygens (including phenoxy) is 2. The summed E-state index contributed by atoms with van der Waals surface area (Å²) in [4.78, 5) is 37.5. The van der Waals surface area contributed by atoms with E-state index in [4.69, 9.17) is 21.1 Å². The number of nitriles is 1. The van der Waals surface area contributed by atoms with Crippen LogP contribution in [0.25, 0.3) is 22.2 Å². The predicted molar refractivity (Wildman–Crippen MR) is 177 cm³/mol. The van der Waals surface area contributed by atoms with E-state index in [9.17, 15) is 14.9 Å². The van der Waals surface area contributed by atoms with E-state index < -0.39 is 11.4 Å². The Morgan fingerprint density at radius 1 is 1.13 bits per heavy atom. The Morgan fingerprint density at radius 2 is 1.84 bits per heavy atom. The van der Waals surface area contributed by atoms with Crippen molar-refractivity contribution in [2.45, 2.75) is 32.4 Å². The normalized spacial score (nSPS) is 11.7. The quantitative estimate of drug-likeness (QED) is 0.177. The number of nitrogens with zero attached hydrogens (tertiary/aromatic N) is 5. The Hall–Kier alpha value is -4.92. The van der Waals surface area contributed by atoms with Gasteiger partial charge < -0.3 is 25.0 Å². The number of hydrogen-bond acceptors (Lipinski definition) is 9. The summed E-state index contributed by atoms with van der Waals surface area (Å²) in [6, 6.07) is 14.5. The minimum atomic E-state index is -0.520. The number of anilines is 2. The van der Waals surface area contributed by atoms with Crippen molar-refractivity contribution < 1.29 is 14.3 Å². The maximum absolute atomic E-state index is 14.0. The molecule has 234 valence electrons. The first-order valence-corrected chi connectivity index (χ1v) is 14.5. The Morgan fingerprint density at radius 3 is 2.44 bits per heavy atom. The number of rotatable bonds is 11. The summed E-state index contributed by atoms with van der Waals surface area (Å²) in [6.45, 7) is 4.06. The van der Waals surface area contributed by atoms with E-state index in [-0.39, 0.29) is 16.2 Å². The van der Waals surface area contributed by atoms with Crippen molar-refractivity contribution >= 4 is 40.2 Å². The molecule has 0 aliphatic carbocycles. The molecule has 0 bridgehead atoms. The highest BCUT2D eigenvalue weighted by Crippen LogP contribution is 2.38. The first-order valence-electron chi connectivity index (χ1n) is 14.2. The van der Waals surface area contributed by atoms with Gasteiger partial charge in [0, 0.05) is 60.6 Å². The predicted octanol–water partition coefficient (Wildman–Crippen LogP) is 4.82. The molecule has 1 amide bonds. The van der Waals surface area contributed by atoms with Crippen molar-refractivity contribution in [3.63, 3.8) is 0 Å². The molecule has 45 heavy (non-hydrogen) atoms. The van der Waals surface area contributed by atoms with Crippen LogP contribution in [0.15, 0.2) is 65.1 Å². The van der Waals surface area contributed by atoms with Crippen LogP contribution in [-0.4, -0.2) is 61.3 Å². The Balaban J connectivity index is 1.69. The summed E-state index contributed by atoms with van der Waals surface area (Å²) in [5.41, 5.74) is 2.08.